The third kappa shape index (κ3) is 4.68. The summed E-state index contributed by atoms with van der Waals surface area (Å²) in [6, 6.07) is 20.2. The number of nitrogens with two attached hydrogens (primary N) is 1. The van der Waals surface area contributed by atoms with E-state index >= 15 is 0 Å². The first-order valence-corrected chi connectivity index (χ1v) is 9.00. The van der Waals surface area contributed by atoms with E-state index < -0.39 is 0 Å². The second-order valence-electron chi connectivity index (χ2n) is 6.94. The highest BCUT2D eigenvalue weighted by atomic mass is 16.2. The van der Waals surface area contributed by atoms with Crippen LogP contribution in [0, 0.1) is 5.92 Å². The van der Waals surface area contributed by atoms with Crippen LogP contribution < -0.4 is 11.1 Å². The molecule has 4 heteroatoms. The summed E-state index contributed by atoms with van der Waals surface area (Å²) in [6.07, 6.45) is 0.992. The molecule has 0 radical (unpaired) electrons. The Morgan fingerprint density at radius 2 is 1.80 bits per heavy atom. The van der Waals surface area contributed by atoms with E-state index in [0.29, 0.717) is 0 Å². The highest BCUT2D eigenvalue weighted by Crippen LogP contribution is 2.20. The second kappa shape index (κ2) is 8.28. The van der Waals surface area contributed by atoms with Gasteiger partial charge in [-0.25, -0.2) is 0 Å². The van der Waals surface area contributed by atoms with Crippen molar-refractivity contribution in [3.8, 4) is 0 Å². The lowest BCUT2D eigenvalue weighted by molar-refractivity contribution is -0.125. The predicted octanol–water partition coefficient (Wildman–Crippen LogP) is 2.71. The van der Waals surface area contributed by atoms with Crippen LogP contribution in [0.15, 0.2) is 60.7 Å². The lowest BCUT2D eigenvalue weighted by Crippen LogP contribution is -2.42. The standard InChI is InChI=1S/C21H27N3O/c1-16(20(22)18-10-6-3-7-11-18)21(25)23-19-12-13-24(15-19)14-17-8-4-2-5-9-17/h2-11,16,19-20H,12-15,22H2,1H3,(H,23,25). The Balaban J connectivity index is 1.50. The van der Waals surface area contributed by atoms with Gasteiger partial charge in [0.05, 0.1) is 5.92 Å². The second-order valence-corrected chi connectivity index (χ2v) is 6.94. The Morgan fingerprint density at radius 1 is 1.16 bits per heavy atom. The van der Waals surface area contributed by atoms with Gasteiger partial charge < -0.3 is 11.1 Å². The molecule has 4 nitrogen and oxygen atoms in total. The van der Waals surface area contributed by atoms with Crippen molar-refractivity contribution in [1.82, 2.24) is 10.2 Å². The molecular weight excluding hydrogens is 310 g/mol. The zero-order valence-corrected chi connectivity index (χ0v) is 14.8. The lowest BCUT2D eigenvalue weighted by atomic mass is 9.94. The van der Waals surface area contributed by atoms with Crippen LogP contribution in [-0.4, -0.2) is 29.9 Å². The van der Waals surface area contributed by atoms with Gasteiger partial charge in [0, 0.05) is 31.7 Å². The first-order chi connectivity index (χ1) is 12.1. The van der Waals surface area contributed by atoms with Crippen LogP contribution in [0.4, 0.5) is 0 Å². The lowest BCUT2D eigenvalue weighted by Gasteiger charge is -2.22. The van der Waals surface area contributed by atoms with Gasteiger partial charge in [-0.3, -0.25) is 9.69 Å². The monoisotopic (exact) mass is 337 g/mol. The van der Waals surface area contributed by atoms with E-state index in [1.54, 1.807) is 0 Å². The smallest absolute Gasteiger partial charge is 0.225 e. The van der Waals surface area contributed by atoms with Crippen molar-refractivity contribution in [1.29, 1.82) is 0 Å². The molecule has 3 N–H and O–H groups in total. The summed E-state index contributed by atoms with van der Waals surface area (Å²) in [6.45, 7) is 4.75. The van der Waals surface area contributed by atoms with Crippen LogP contribution >= 0.6 is 0 Å². The zero-order chi connectivity index (χ0) is 17.6. The maximum Gasteiger partial charge on any atom is 0.225 e. The molecule has 2 aromatic rings. The summed E-state index contributed by atoms with van der Waals surface area (Å²) in [5.41, 5.74) is 8.59. The SMILES string of the molecule is CC(C(=O)NC1CCN(Cc2ccccc2)C1)C(N)c1ccccc1. The number of benzene rings is 2. The maximum absolute atomic E-state index is 12.6. The average molecular weight is 337 g/mol. The molecule has 1 saturated heterocycles. The van der Waals surface area contributed by atoms with Crippen molar-refractivity contribution in [2.45, 2.75) is 32.0 Å². The molecule has 3 unspecified atom stereocenters. The molecule has 2 aromatic carbocycles. The van der Waals surface area contributed by atoms with Crippen molar-refractivity contribution >= 4 is 5.91 Å². The minimum Gasteiger partial charge on any atom is -0.352 e. The molecule has 1 aliphatic heterocycles. The highest BCUT2D eigenvalue weighted by molar-refractivity contribution is 5.79. The number of nitrogens with one attached hydrogen (secondary N) is 1. The molecule has 0 spiro atoms. The van der Waals surface area contributed by atoms with Crippen molar-refractivity contribution in [2.75, 3.05) is 13.1 Å². The highest BCUT2D eigenvalue weighted by Gasteiger charge is 2.28. The Bertz CT molecular complexity index is 674. The first-order valence-electron chi connectivity index (χ1n) is 9.00. The zero-order valence-electron chi connectivity index (χ0n) is 14.8. The van der Waals surface area contributed by atoms with Gasteiger partial charge in [-0.05, 0) is 17.5 Å². The molecule has 1 amide bonds. The molecule has 0 bridgehead atoms. The van der Waals surface area contributed by atoms with Gasteiger partial charge in [-0.1, -0.05) is 67.6 Å². The van der Waals surface area contributed by atoms with Crippen LogP contribution in [0.2, 0.25) is 0 Å². The third-order valence-electron chi connectivity index (χ3n) is 5.00. The van der Waals surface area contributed by atoms with Gasteiger partial charge in [0.25, 0.3) is 0 Å². The molecule has 0 aromatic heterocycles. The summed E-state index contributed by atoms with van der Waals surface area (Å²) in [5.74, 6) is -0.200. The molecule has 3 atom stereocenters. The minimum atomic E-state index is -0.275. The fourth-order valence-electron chi connectivity index (χ4n) is 3.40. The topological polar surface area (TPSA) is 58.4 Å². The Labute approximate surface area is 150 Å². The summed E-state index contributed by atoms with van der Waals surface area (Å²) in [5, 5.41) is 3.18. The molecule has 3 rings (SSSR count). The Hall–Kier alpha value is -2.17. The van der Waals surface area contributed by atoms with Gasteiger partial charge in [0.15, 0.2) is 0 Å². The molecule has 132 valence electrons. The van der Waals surface area contributed by atoms with Gasteiger partial charge in [0.2, 0.25) is 5.91 Å². The molecule has 1 aliphatic rings. The summed E-state index contributed by atoms with van der Waals surface area (Å²) < 4.78 is 0. The number of rotatable bonds is 6. The van der Waals surface area contributed by atoms with E-state index in [0.717, 1.165) is 31.6 Å². The van der Waals surface area contributed by atoms with Crippen LogP contribution in [0.1, 0.15) is 30.5 Å². The quantitative estimate of drug-likeness (QED) is 0.852. The molecule has 0 saturated carbocycles. The molecular formula is C21H27N3O. The van der Waals surface area contributed by atoms with E-state index in [9.17, 15) is 4.79 Å². The number of hydrogen-bond acceptors (Lipinski definition) is 3. The Morgan fingerprint density at radius 3 is 2.48 bits per heavy atom. The molecule has 0 aliphatic carbocycles. The summed E-state index contributed by atoms with van der Waals surface area (Å²) >= 11 is 0. The summed E-state index contributed by atoms with van der Waals surface area (Å²) in [7, 11) is 0. The minimum absolute atomic E-state index is 0.0444. The van der Waals surface area contributed by atoms with Crippen LogP contribution in [0.5, 0.6) is 0 Å². The van der Waals surface area contributed by atoms with Gasteiger partial charge in [0.1, 0.15) is 0 Å². The fourth-order valence-corrected chi connectivity index (χ4v) is 3.40. The van der Waals surface area contributed by atoms with E-state index in [1.165, 1.54) is 5.56 Å². The third-order valence-corrected chi connectivity index (χ3v) is 5.00. The number of nitrogens with zero attached hydrogens (tertiary/aromatic N) is 1. The van der Waals surface area contributed by atoms with E-state index in [4.69, 9.17) is 5.73 Å². The number of hydrogen-bond donors (Lipinski definition) is 2. The van der Waals surface area contributed by atoms with Crippen LogP contribution in [-0.2, 0) is 11.3 Å². The van der Waals surface area contributed by atoms with Crippen molar-refractivity contribution in [3.05, 3.63) is 71.8 Å². The number of carbonyl (C=O) groups is 1. The predicted molar refractivity (Wildman–Crippen MR) is 101 cm³/mol. The van der Waals surface area contributed by atoms with Gasteiger partial charge in [-0.15, -0.1) is 0 Å². The Kier molecular flexibility index (Phi) is 5.84. The molecule has 1 fully saturated rings. The van der Waals surface area contributed by atoms with Crippen LogP contribution in [0.3, 0.4) is 0 Å². The maximum atomic E-state index is 12.6. The molecule has 1 heterocycles. The molecule has 25 heavy (non-hydrogen) atoms. The van der Waals surface area contributed by atoms with Gasteiger partial charge in [-0.2, -0.15) is 0 Å². The average Bonchev–Trinajstić information content (AvgIpc) is 3.08. The van der Waals surface area contributed by atoms with Crippen LogP contribution in [0.25, 0.3) is 0 Å². The van der Waals surface area contributed by atoms with E-state index in [2.05, 4.69) is 34.5 Å². The van der Waals surface area contributed by atoms with E-state index in [-0.39, 0.29) is 23.9 Å². The normalized spacial score (nSPS) is 20.2. The van der Waals surface area contributed by atoms with Crippen molar-refractivity contribution < 1.29 is 4.79 Å². The first kappa shape index (κ1) is 17.6. The fraction of sp³-hybridized carbons (Fsp3) is 0.381. The number of amides is 1. The van der Waals surface area contributed by atoms with Gasteiger partial charge >= 0.3 is 0 Å². The van der Waals surface area contributed by atoms with E-state index in [1.807, 2.05) is 43.3 Å². The van der Waals surface area contributed by atoms with Crippen molar-refractivity contribution in [2.24, 2.45) is 11.7 Å². The summed E-state index contributed by atoms with van der Waals surface area (Å²) in [4.78, 5) is 15.0. The number of likely N-dealkylation sites (tertiary alicyclic amines) is 1. The number of carbonyl (C=O) groups excluding carboxylic acids is 1. The largest absolute Gasteiger partial charge is 0.352 e. The van der Waals surface area contributed by atoms with Crippen molar-refractivity contribution in [3.63, 3.8) is 0 Å².